The third kappa shape index (κ3) is 1.96. The molecular weight excluding hydrogens is 276 g/mol. The Morgan fingerprint density at radius 1 is 0.955 bits per heavy atom. The highest BCUT2D eigenvalue weighted by Crippen LogP contribution is 2.33. The van der Waals surface area contributed by atoms with E-state index in [4.69, 9.17) is 0 Å². The molecule has 0 radical (unpaired) electrons. The molecule has 4 heteroatoms. The van der Waals surface area contributed by atoms with Crippen molar-refractivity contribution in [2.24, 2.45) is 0 Å². The quantitative estimate of drug-likeness (QED) is 0.799. The number of hydrogen-bond acceptors (Lipinski definition) is 2. The zero-order valence-corrected chi connectivity index (χ0v) is 12.0. The molecule has 2 aliphatic rings. The number of imide groups is 1. The first-order valence-electron chi connectivity index (χ1n) is 7.45. The lowest BCUT2D eigenvalue weighted by molar-refractivity contribution is 0.0648. The molecule has 22 heavy (non-hydrogen) atoms. The van der Waals surface area contributed by atoms with Crippen LogP contribution in [0.4, 0.5) is 0 Å². The maximum absolute atomic E-state index is 12.5. The number of fused-ring (bicyclic) bond motifs is 2. The Bertz CT molecular complexity index is 734. The lowest BCUT2D eigenvalue weighted by Gasteiger charge is -2.40. The second-order valence-electron chi connectivity index (χ2n) is 5.64. The monoisotopic (exact) mass is 291 g/mol. The summed E-state index contributed by atoms with van der Waals surface area (Å²) < 4.78 is 0. The summed E-state index contributed by atoms with van der Waals surface area (Å²) in [6.45, 7) is 1.06. The number of amides is 2. The van der Waals surface area contributed by atoms with Crippen molar-refractivity contribution in [2.45, 2.75) is 12.5 Å². The van der Waals surface area contributed by atoms with Crippen LogP contribution in [0.25, 0.3) is 5.32 Å². The lowest BCUT2D eigenvalue weighted by atomic mass is 9.94. The van der Waals surface area contributed by atoms with Crippen LogP contribution in [0, 0.1) is 0 Å². The van der Waals surface area contributed by atoms with E-state index in [0.29, 0.717) is 17.7 Å². The van der Waals surface area contributed by atoms with Crippen molar-refractivity contribution < 1.29 is 9.59 Å². The first-order valence-corrected chi connectivity index (χ1v) is 7.45. The van der Waals surface area contributed by atoms with Crippen molar-refractivity contribution in [3.63, 3.8) is 0 Å². The van der Waals surface area contributed by atoms with Crippen LogP contribution in [0.15, 0.2) is 48.5 Å². The van der Waals surface area contributed by atoms with Crippen molar-refractivity contribution in [1.82, 2.24) is 4.90 Å². The van der Waals surface area contributed by atoms with Crippen LogP contribution in [-0.2, 0) is 6.42 Å². The van der Waals surface area contributed by atoms with E-state index in [1.54, 1.807) is 24.3 Å². The molecule has 2 heterocycles. The van der Waals surface area contributed by atoms with E-state index in [1.807, 2.05) is 18.2 Å². The maximum Gasteiger partial charge on any atom is 0.261 e. The van der Waals surface area contributed by atoms with E-state index < -0.39 is 0 Å². The Morgan fingerprint density at radius 3 is 2.32 bits per heavy atom. The van der Waals surface area contributed by atoms with Gasteiger partial charge in [-0.15, -0.1) is 6.54 Å². The minimum atomic E-state index is -0.209. The number of rotatable bonds is 2. The van der Waals surface area contributed by atoms with Gasteiger partial charge in [-0.3, -0.25) is 14.5 Å². The fourth-order valence-electron chi connectivity index (χ4n) is 3.26. The summed E-state index contributed by atoms with van der Waals surface area (Å²) in [4.78, 5) is 26.2. The molecule has 2 aliphatic heterocycles. The average molecular weight is 291 g/mol. The predicted octanol–water partition coefficient (Wildman–Crippen LogP) is 2.95. The van der Waals surface area contributed by atoms with Crippen molar-refractivity contribution in [3.8, 4) is 0 Å². The first kappa shape index (κ1) is 13.2. The smallest absolute Gasteiger partial charge is 0.261 e. The highest BCUT2D eigenvalue weighted by atomic mass is 16.2. The van der Waals surface area contributed by atoms with Crippen molar-refractivity contribution >= 4 is 11.8 Å². The fraction of sp³-hybridized carbons (Fsp3) is 0.222. The van der Waals surface area contributed by atoms with Gasteiger partial charge in [0.15, 0.2) is 0 Å². The lowest BCUT2D eigenvalue weighted by Crippen LogP contribution is -2.34. The van der Waals surface area contributed by atoms with Crippen molar-refractivity contribution in [1.29, 1.82) is 0 Å². The highest BCUT2D eigenvalue weighted by molar-refractivity contribution is 6.21. The van der Waals surface area contributed by atoms with Crippen LogP contribution >= 0.6 is 0 Å². The summed E-state index contributed by atoms with van der Waals surface area (Å²) >= 11 is 0. The summed E-state index contributed by atoms with van der Waals surface area (Å²) in [5.74, 6) is -0.419. The molecule has 0 fully saturated rings. The van der Waals surface area contributed by atoms with Crippen LogP contribution < -0.4 is 0 Å². The zero-order chi connectivity index (χ0) is 15.1. The number of nitrogens with zero attached hydrogens (tertiary/aromatic N) is 2. The van der Waals surface area contributed by atoms with Crippen LogP contribution in [0.5, 0.6) is 0 Å². The summed E-state index contributed by atoms with van der Waals surface area (Å²) in [6, 6.07) is 15.0. The third-order valence-electron chi connectivity index (χ3n) is 4.38. The summed E-state index contributed by atoms with van der Waals surface area (Å²) in [5, 5.41) is 4.62. The van der Waals surface area contributed by atoms with Gasteiger partial charge >= 0.3 is 0 Å². The molecule has 110 valence electrons. The Morgan fingerprint density at radius 2 is 1.59 bits per heavy atom. The minimum Gasteiger partial charge on any atom is -0.654 e. The predicted molar refractivity (Wildman–Crippen MR) is 82.9 cm³/mol. The van der Waals surface area contributed by atoms with E-state index in [2.05, 4.69) is 11.4 Å². The molecule has 0 saturated heterocycles. The molecule has 1 unspecified atom stereocenters. The molecule has 0 saturated carbocycles. The van der Waals surface area contributed by atoms with E-state index in [-0.39, 0.29) is 17.9 Å². The Kier molecular flexibility index (Phi) is 3.05. The van der Waals surface area contributed by atoms with Crippen LogP contribution in [0.1, 0.15) is 37.9 Å². The molecule has 0 aromatic heterocycles. The van der Waals surface area contributed by atoms with E-state index >= 15 is 0 Å². The van der Waals surface area contributed by atoms with Gasteiger partial charge in [0.25, 0.3) is 11.8 Å². The van der Waals surface area contributed by atoms with Crippen LogP contribution in [-0.4, -0.2) is 29.8 Å². The first-order chi connectivity index (χ1) is 10.8. The van der Waals surface area contributed by atoms with E-state index in [0.717, 1.165) is 18.5 Å². The zero-order valence-electron chi connectivity index (χ0n) is 12.0. The molecule has 2 aromatic carbocycles. The van der Waals surface area contributed by atoms with Gasteiger partial charge in [-0.25, -0.2) is 0 Å². The molecule has 4 rings (SSSR count). The third-order valence-corrected chi connectivity index (χ3v) is 4.38. The second-order valence-corrected chi connectivity index (χ2v) is 5.64. The molecule has 4 nitrogen and oxygen atoms in total. The standard InChI is InChI=1S/C18H15N2O2/c21-17-14-7-3-4-8-15(14)18(22)20(17)11-16-13-6-2-1-5-12(13)9-10-19-16/h1-8,16H,9-11H2/q-1. The van der Waals surface area contributed by atoms with Gasteiger partial charge in [-0.05, 0) is 24.1 Å². The molecule has 0 spiro atoms. The van der Waals surface area contributed by atoms with Gasteiger partial charge < -0.3 is 5.32 Å². The summed E-state index contributed by atoms with van der Waals surface area (Å²) in [6.07, 6.45) is 0.925. The molecule has 1 atom stereocenters. The van der Waals surface area contributed by atoms with Gasteiger partial charge in [0.05, 0.1) is 11.1 Å². The Labute approximate surface area is 128 Å². The van der Waals surface area contributed by atoms with Gasteiger partial charge in [-0.1, -0.05) is 48.0 Å². The van der Waals surface area contributed by atoms with Gasteiger partial charge in [0, 0.05) is 6.54 Å². The molecular formula is C18H15N2O2-. The minimum absolute atomic E-state index is 0.118. The second kappa shape index (κ2) is 5.07. The van der Waals surface area contributed by atoms with E-state index in [1.165, 1.54) is 10.5 Å². The molecule has 0 N–H and O–H groups in total. The normalized spacial score (nSPS) is 20.0. The Balaban J connectivity index is 1.64. The van der Waals surface area contributed by atoms with Gasteiger partial charge in [-0.2, -0.15) is 0 Å². The topological polar surface area (TPSA) is 51.5 Å². The number of benzene rings is 2. The number of carbonyl (C=O) groups excluding carboxylic acids is 2. The highest BCUT2D eigenvalue weighted by Gasteiger charge is 2.35. The van der Waals surface area contributed by atoms with E-state index in [9.17, 15) is 9.59 Å². The molecule has 2 amide bonds. The van der Waals surface area contributed by atoms with Crippen molar-refractivity contribution in [3.05, 3.63) is 76.1 Å². The van der Waals surface area contributed by atoms with Gasteiger partial charge in [0.2, 0.25) is 0 Å². The fourth-order valence-corrected chi connectivity index (χ4v) is 3.26. The Hall–Kier alpha value is -2.46. The van der Waals surface area contributed by atoms with Crippen LogP contribution in [0.3, 0.4) is 0 Å². The van der Waals surface area contributed by atoms with Crippen molar-refractivity contribution in [2.75, 3.05) is 13.1 Å². The maximum atomic E-state index is 12.5. The number of carbonyl (C=O) groups is 2. The number of hydrogen-bond donors (Lipinski definition) is 0. The van der Waals surface area contributed by atoms with Crippen LogP contribution in [0.2, 0.25) is 0 Å². The average Bonchev–Trinajstić information content (AvgIpc) is 2.81. The molecule has 2 aromatic rings. The largest absolute Gasteiger partial charge is 0.654 e. The molecule has 0 bridgehead atoms. The van der Waals surface area contributed by atoms with Gasteiger partial charge in [0.1, 0.15) is 0 Å². The summed E-state index contributed by atoms with van der Waals surface area (Å²) in [5.41, 5.74) is 3.39. The SMILES string of the molecule is O=C1c2ccccc2C(=O)N1CC1[N-]CCc2ccccc21. The molecule has 0 aliphatic carbocycles. The summed E-state index contributed by atoms with van der Waals surface area (Å²) in [7, 11) is 0.